The van der Waals surface area contributed by atoms with Crippen LogP contribution in [-0.2, 0) is 0 Å². The van der Waals surface area contributed by atoms with E-state index in [2.05, 4.69) is 15.4 Å². The summed E-state index contributed by atoms with van der Waals surface area (Å²) in [6.45, 7) is 0. The highest BCUT2D eigenvalue weighted by Crippen LogP contribution is 2.33. The van der Waals surface area contributed by atoms with E-state index in [4.69, 9.17) is 16.1 Å². The van der Waals surface area contributed by atoms with Gasteiger partial charge in [0.15, 0.2) is 0 Å². The van der Waals surface area contributed by atoms with Crippen molar-refractivity contribution in [2.75, 3.05) is 0 Å². The number of fused-ring (bicyclic) bond motifs is 1. The van der Waals surface area contributed by atoms with Gasteiger partial charge in [-0.15, -0.1) is 21.5 Å². The Morgan fingerprint density at radius 2 is 1.81 bits per heavy atom. The normalized spacial score (nSPS) is 11.1. The van der Waals surface area contributed by atoms with Crippen LogP contribution < -0.4 is 0 Å². The molecule has 0 N–H and O–H groups in total. The highest BCUT2D eigenvalue weighted by Gasteiger charge is 2.16. The summed E-state index contributed by atoms with van der Waals surface area (Å²) in [6, 6.07) is 11.4. The monoisotopic (exact) mass is 313 g/mol. The van der Waals surface area contributed by atoms with Crippen molar-refractivity contribution in [2.24, 2.45) is 0 Å². The topological polar surface area (TPSA) is 51.8 Å². The van der Waals surface area contributed by atoms with Crippen molar-refractivity contribution in [3.05, 3.63) is 53.1 Å². The molecule has 0 atom stereocenters. The zero-order valence-corrected chi connectivity index (χ0v) is 12.2. The molecule has 4 nitrogen and oxygen atoms in total. The summed E-state index contributed by atoms with van der Waals surface area (Å²) in [7, 11) is 0. The number of halogens is 1. The van der Waals surface area contributed by atoms with Gasteiger partial charge in [0.05, 0.1) is 10.3 Å². The summed E-state index contributed by atoms with van der Waals surface area (Å²) < 4.78 is 5.14. The summed E-state index contributed by atoms with van der Waals surface area (Å²) in [4.78, 5) is 1.02. The molecule has 0 aliphatic rings. The maximum atomic E-state index is 5.92. The van der Waals surface area contributed by atoms with E-state index in [1.54, 1.807) is 17.6 Å². The SMILES string of the molecule is Clc1ccc(-c2nnc(-c3cccs3)c3nocc23)cc1. The zero-order chi connectivity index (χ0) is 14.2. The molecule has 3 aromatic heterocycles. The van der Waals surface area contributed by atoms with Crippen LogP contribution in [-0.4, -0.2) is 15.4 Å². The first kappa shape index (κ1) is 12.5. The first-order valence-electron chi connectivity index (χ1n) is 6.23. The van der Waals surface area contributed by atoms with Crippen molar-refractivity contribution in [3.63, 3.8) is 0 Å². The third kappa shape index (κ3) is 2.11. The summed E-state index contributed by atoms with van der Waals surface area (Å²) in [5, 5.41) is 16.3. The molecule has 102 valence electrons. The molecule has 6 heteroatoms. The third-order valence-electron chi connectivity index (χ3n) is 3.17. The Labute approximate surface area is 129 Å². The quantitative estimate of drug-likeness (QED) is 0.540. The van der Waals surface area contributed by atoms with Crippen LogP contribution in [0.2, 0.25) is 5.02 Å². The minimum absolute atomic E-state index is 0.684. The standard InChI is InChI=1S/C15H8ClN3OS/c16-10-5-3-9(4-6-10)13-11-8-20-19-14(11)15(18-17-13)12-2-1-7-21-12/h1-8H. The highest BCUT2D eigenvalue weighted by molar-refractivity contribution is 7.13. The van der Waals surface area contributed by atoms with Crippen molar-refractivity contribution >= 4 is 33.8 Å². The second-order valence-electron chi connectivity index (χ2n) is 4.46. The number of rotatable bonds is 2. The fourth-order valence-corrected chi connectivity index (χ4v) is 3.01. The van der Waals surface area contributed by atoms with E-state index in [0.717, 1.165) is 32.7 Å². The molecule has 0 aliphatic carbocycles. The van der Waals surface area contributed by atoms with E-state index in [1.165, 1.54) is 0 Å². The van der Waals surface area contributed by atoms with Crippen molar-refractivity contribution in [1.29, 1.82) is 0 Å². The van der Waals surface area contributed by atoms with E-state index in [1.807, 2.05) is 41.8 Å². The second kappa shape index (κ2) is 4.95. The molecule has 0 aliphatic heterocycles. The second-order valence-corrected chi connectivity index (χ2v) is 5.84. The van der Waals surface area contributed by atoms with Gasteiger partial charge >= 0.3 is 0 Å². The van der Waals surface area contributed by atoms with Gasteiger partial charge in [0.2, 0.25) is 0 Å². The molecule has 0 radical (unpaired) electrons. The molecule has 0 spiro atoms. The molecule has 0 fully saturated rings. The molecule has 0 amide bonds. The van der Waals surface area contributed by atoms with Crippen LogP contribution in [0.1, 0.15) is 0 Å². The van der Waals surface area contributed by atoms with Crippen LogP contribution in [0.25, 0.3) is 32.7 Å². The first-order chi connectivity index (χ1) is 10.3. The van der Waals surface area contributed by atoms with Crippen LogP contribution in [0.4, 0.5) is 0 Å². The number of aromatic nitrogens is 3. The van der Waals surface area contributed by atoms with Gasteiger partial charge in [-0.25, -0.2) is 0 Å². The van der Waals surface area contributed by atoms with E-state index in [-0.39, 0.29) is 0 Å². The lowest BCUT2D eigenvalue weighted by atomic mass is 10.1. The molecular weight excluding hydrogens is 306 g/mol. The number of nitrogens with zero attached hydrogens (tertiary/aromatic N) is 3. The number of benzene rings is 1. The number of hydrogen-bond acceptors (Lipinski definition) is 5. The van der Waals surface area contributed by atoms with Gasteiger partial charge in [0, 0.05) is 10.6 Å². The highest BCUT2D eigenvalue weighted by atomic mass is 35.5. The molecule has 3 heterocycles. The molecule has 1 aromatic carbocycles. The summed E-state index contributed by atoms with van der Waals surface area (Å²) in [5.41, 5.74) is 3.13. The molecule has 0 bridgehead atoms. The van der Waals surface area contributed by atoms with Crippen LogP contribution in [0.15, 0.2) is 52.6 Å². The lowest BCUT2D eigenvalue weighted by molar-refractivity contribution is 0.428. The summed E-state index contributed by atoms with van der Waals surface area (Å²) >= 11 is 7.52. The molecule has 0 saturated heterocycles. The van der Waals surface area contributed by atoms with Crippen molar-refractivity contribution in [2.45, 2.75) is 0 Å². The molecule has 0 unspecified atom stereocenters. The Hall–Kier alpha value is -2.24. The lowest BCUT2D eigenvalue weighted by Gasteiger charge is -2.03. The van der Waals surface area contributed by atoms with Gasteiger partial charge in [-0.3, -0.25) is 0 Å². The van der Waals surface area contributed by atoms with Crippen LogP contribution >= 0.6 is 22.9 Å². The van der Waals surface area contributed by atoms with Crippen LogP contribution in [0.5, 0.6) is 0 Å². The molecule has 21 heavy (non-hydrogen) atoms. The van der Waals surface area contributed by atoms with Gasteiger partial charge in [-0.2, -0.15) is 0 Å². The molecule has 0 saturated carbocycles. The predicted molar refractivity (Wildman–Crippen MR) is 83.4 cm³/mol. The zero-order valence-electron chi connectivity index (χ0n) is 10.7. The van der Waals surface area contributed by atoms with E-state index < -0.39 is 0 Å². The largest absolute Gasteiger partial charge is 0.363 e. The minimum atomic E-state index is 0.684. The van der Waals surface area contributed by atoms with E-state index in [0.29, 0.717) is 5.02 Å². The smallest absolute Gasteiger partial charge is 0.145 e. The van der Waals surface area contributed by atoms with E-state index >= 15 is 0 Å². The van der Waals surface area contributed by atoms with Crippen molar-refractivity contribution in [3.8, 4) is 21.8 Å². The molecule has 4 rings (SSSR count). The summed E-state index contributed by atoms with van der Waals surface area (Å²) in [5.74, 6) is 0. The first-order valence-corrected chi connectivity index (χ1v) is 7.49. The predicted octanol–water partition coefficient (Wildman–Crippen LogP) is 4.67. The third-order valence-corrected chi connectivity index (χ3v) is 4.30. The minimum Gasteiger partial charge on any atom is -0.363 e. The maximum Gasteiger partial charge on any atom is 0.145 e. The van der Waals surface area contributed by atoms with Gasteiger partial charge in [0.1, 0.15) is 23.2 Å². The number of thiophene rings is 1. The van der Waals surface area contributed by atoms with Gasteiger partial charge in [0.25, 0.3) is 0 Å². The van der Waals surface area contributed by atoms with Gasteiger partial charge in [-0.05, 0) is 23.6 Å². The molecular formula is C15H8ClN3OS. The van der Waals surface area contributed by atoms with Gasteiger partial charge < -0.3 is 4.52 Å². The average Bonchev–Trinajstić information content (AvgIpc) is 3.19. The Kier molecular flexibility index (Phi) is 2.94. The van der Waals surface area contributed by atoms with Gasteiger partial charge in [-0.1, -0.05) is 35.0 Å². The average molecular weight is 314 g/mol. The molecule has 4 aromatic rings. The lowest BCUT2D eigenvalue weighted by Crippen LogP contribution is -1.92. The van der Waals surface area contributed by atoms with E-state index in [9.17, 15) is 0 Å². The summed E-state index contributed by atoms with van der Waals surface area (Å²) in [6.07, 6.45) is 1.60. The van der Waals surface area contributed by atoms with Crippen LogP contribution in [0, 0.1) is 0 Å². The fourth-order valence-electron chi connectivity index (χ4n) is 2.18. The van der Waals surface area contributed by atoms with Crippen molar-refractivity contribution < 1.29 is 4.52 Å². The number of hydrogen-bond donors (Lipinski definition) is 0. The van der Waals surface area contributed by atoms with Crippen LogP contribution in [0.3, 0.4) is 0 Å². The Balaban J connectivity index is 1.95. The Morgan fingerprint density at radius 3 is 2.57 bits per heavy atom. The van der Waals surface area contributed by atoms with Crippen molar-refractivity contribution in [1.82, 2.24) is 15.4 Å². The Bertz CT molecular complexity index is 900. The Morgan fingerprint density at radius 1 is 1.00 bits per heavy atom. The maximum absolute atomic E-state index is 5.92. The fraction of sp³-hybridized carbons (Fsp3) is 0.